The summed E-state index contributed by atoms with van der Waals surface area (Å²) in [6.07, 6.45) is 2.36. The van der Waals surface area contributed by atoms with Crippen LogP contribution in [0.2, 0.25) is 0 Å². The van der Waals surface area contributed by atoms with E-state index in [1.54, 1.807) is 42.5 Å². The van der Waals surface area contributed by atoms with Gasteiger partial charge in [0.2, 0.25) is 0 Å². The molecule has 2 aromatic rings. The second kappa shape index (κ2) is 9.41. The van der Waals surface area contributed by atoms with Crippen LogP contribution in [0, 0.1) is 22.7 Å². The molecule has 0 aliphatic rings. The number of hydrogen-bond donors (Lipinski definition) is 0. The van der Waals surface area contributed by atoms with Crippen molar-refractivity contribution >= 4 is 28.0 Å². The number of halogens is 1. The Balaban J connectivity index is 1.93. The molecule has 0 bridgehead atoms. The number of rotatable bonds is 6. The minimum atomic E-state index is -0.533. The van der Waals surface area contributed by atoms with Gasteiger partial charge >= 0.3 is 5.97 Å². The Morgan fingerprint density at radius 3 is 2.42 bits per heavy atom. The second-order valence-corrected chi connectivity index (χ2v) is 6.09. The van der Waals surface area contributed by atoms with Gasteiger partial charge in [0.15, 0.2) is 6.61 Å². The molecular weight excluding hydrogens is 396 g/mol. The van der Waals surface area contributed by atoms with Gasteiger partial charge < -0.3 is 9.47 Å². The van der Waals surface area contributed by atoms with Gasteiger partial charge in [-0.15, -0.1) is 0 Å². The van der Waals surface area contributed by atoms with Gasteiger partial charge in [0, 0.05) is 0 Å². The van der Waals surface area contributed by atoms with E-state index in [2.05, 4.69) is 22.9 Å². The lowest BCUT2D eigenvalue weighted by atomic mass is 10.1. The van der Waals surface area contributed by atoms with Gasteiger partial charge in [0.1, 0.15) is 29.2 Å². The van der Waals surface area contributed by atoms with E-state index >= 15 is 0 Å². The Labute approximate surface area is 160 Å². The maximum absolute atomic E-state index is 11.9. The molecule has 0 N–H and O–H groups in total. The van der Waals surface area contributed by atoms with Gasteiger partial charge in [-0.1, -0.05) is 25.1 Å². The summed E-state index contributed by atoms with van der Waals surface area (Å²) >= 11 is 3.42. The summed E-state index contributed by atoms with van der Waals surface area (Å²) in [5, 5.41) is 17.5. The fraction of sp³-hybridized carbons (Fsp3) is 0.150. The zero-order chi connectivity index (χ0) is 18.9. The first kappa shape index (κ1) is 19.2. The van der Waals surface area contributed by atoms with Crippen LogP contribution in [0.1, 0.15) is 18.1 Å². The van der Waals surface area contributed by atoms with Crippen LogP contribution in [0.25, 0.3) is 6.08 Å². The molecule has 0 heterocycles. The van der Waals surface area contributed by atoms with Crippen molar-refractivity contribution < 1.29 is 14.3 Å². The lowest BCUT2D eigenvalue weighted by Gasteiger charge is -2.09. The number of allylic oxidation sites excluding steroid dienone is 1. The molecule has 130 valence electrons. The monoisotopic (exact) mass is 410 g/mol. The fourth-order valence-corrected chi connectivity index (χ4v) is 2.61. The van der Waals surface area contributed by atoms with Crippen molar-refractivity contribution in [3.63, 3.8) is 0 Å². The average Bonchev–Trinajstić information content (AvgIpc) is 2.66. The summed E-state index contributed by atoms with van der Waals surface area (Å²) in [5.74, 6) is 0.390. The number of carbonyl (C=O) groups excluding carboxylic acids is 1. The summed E-state index contributed by atoms with van der Waals surface area (Å²) in [6, 6.07) is 15.7. The van der Waals surface area contributed by atoms with Gasteiger partial charge in [0.25, 0.3) is 0 Å². The van der Waals surface area contributed by atoms with E-state index < -0.39 is 5.97 Å². The number of benzene rings is 2. The molecule has 5 nitrogen and oxygen atoms in total. The molecule has 0 aliphatic carbocycles. The maximum Gasteiger partial charge on any atom is 0.349 e. The Hall–Kier alpha value is -3.09. The van der Waals surface area contributed by atoms with E-state index in [1.165, 1.54) is 6.08 Å². The van der Waals surface area contributed by atoms with E-state index in [1.807, 2.05) is 12.1 Å². The molecule has 26 heavy (non-hydrogen) atoms. The van der Waals surface area contributed by atoms with Gasteiger partial charge in [-0.3, -0.25) is 0 Å². The molecule has 0 atom stereocenters. The lowest BCUT2D eigenvalue weighted by Crippen LogP contribution is -2.17. The minimum absolute atomic E-state index is 0.00260. The highest BCUT2D eigenvalue weighted by atomic mass is 79.9. The van der Waals surface area contributed by atoms with Crippen LogP contribution in [-0.4, -0.2) is 12.6 Å². The van der Waals surface area contributed by atoms with Crippen LogP contribution >= 0.6 is 15.9 Å². The van der Waals surface area contributed by atoms with E-state index in [0.717, 1.165) is 16.5 Å². The molecule has 2 aromatic carbocycles. The zero-order valence-electron chi connectivity index (χ0n) is 14.0. The standard InChI is InChI=1S/C20H15BrN2O3/c1-2-14-5-8-19(18(21)10-14)25-13-20(24)26-17-6-3-15(4-7-17)9-16(11-22)12-23/h3-10H,2,13H2,1H3. The lowest BCUT2D eigenvalue weighted by molar-refractivity contribution is -0.136. The van der Waals surface area contributed by atoms with Crippen molar-refractivity contribution in [3.05, 3.63) is 63.6 Å². The predicted molar refractivity (Wildman–Crippen MR) is 100 cm³/mol. The number of carbonyl (C=O) groups is 1. The number of aryl methyl sites for hydroxylation is 1. The Morgan fingerprint density at radius 1 is 1.15 bits per heavy atom. The van der Waals surface area contributed by atoms with Crippen molar-refractivity contribution in [3.8, 4) is 23.6 Å². The third-order valence-electron chi connectivity index (χ3n) is 3.41. The van der Waals surface area contributed by atoms with Crippen molar-refractivity contribution in [1.82, 2.24) is 0 Å². The molecular formula is C20H15BrN2O3. The maximum atomic E-state index is 11.9. The van der Waals surface area contributed by atoms with Crippen LogP contribution in [-0.2, 0) is 11.2 Å². The summed E-state index contributed by atoms with van der Waals surface area (Å²) < 4.78 is 11.5. The van der Waals surface area contributed by atoms with Crippen molar-refractivity contribution in [2.45, 2.75) is 13.3 Å². The van der Waals surface area contributed by atoms with Gasteiger partial charge in [-0.25, -0.2) is 4.79 Å². The Morgan fingerprint density at radius 2 is 1.85 bits per heavy atom. The van der Waals surface area contributed by atoms with E-state index in [-0.39, 0.29) is 12.2 Å². The van der Waals surface area contributed by atoms with E-state index in [0.29, 0.717) is 17.1 Å². The third-order valence-corrected chi connectivity index (χ3v) is 4.03. The van der Waals surface area contributed by atoms with Gasteiger partial charge in [0.05, 0.1) is 4.47 Å². The number of ether oxygens (including phenoxy) is 2. The summed E-state index contributed by atoms with van der Waals surface area (Å²) in [4.78, 5) is 11.9. The summed E-state index contributed by atoms with van der Waals surface area (Å²) in [6.45, 7) is 1.83. The predicted octanol–water partition coefficient (Wildman–Crippen LogP) is 4.43. The molecule has 6 heteroatoms. The highest BCUT2D eigenvalue weighted by molar-refractivity contribution is 9.10. The molecule has 0 saturated heterocycles. The highest BCUT2D eigenvalue weighted by Crippen LogP contribution is 2.26. The quantitative estimate of drug-likeness (QED) is 0.399. The molecule has 0 aromatic heterocycles. The number of nitriles is 2. The van der Waals surface area contributed by atoms with Crippen molar-refractivity contribution in [2.75, 3.05) is 6.61 Å². The van der Waals surface area contributed by atoms with Crippen molar-refractivity contribution in [1.29, 1.82) is 10.5 Å². The number of hydrogen-bond acceptors (Lipinski definition) is 5. The SMILES string of the molecule is CCc1ccc(OCC(=O)Oc2ccc(C=C(C#N)C#N)cc2)c(Br)c1. The molecule has 0 saturated carbocycles. The average molecular weight is 411 g/mol. The molecule has 0 fully saturated rings. The van der Waals surface area contributed by atoms with Crippen LogP contribution in [0.4, 0.5) is 0 Å². The van der Waals surface area contributed by atoms with Gasteiger partial charge in [-0.05, 0) is 63.8 Å². The van der Waals surface area contributed by atoms with E-state index in [4.69, 9.17) is 20.0 Å². The summed E-state index contributed by atoms with van der Waals surface area (Å²) in [7, 11) is 0. The Kier molecular flexibility index (Phi) is 6.96. The first-order valence-electron chi connectivity index (χ1n) is 7.79. The molecule has 0 spiro atoms. The van der Waals surface area contributed by atoms with E-state index in [9.17, 15) is 4.79 Å². The van der Waals surface area contributed by atoms with Crippen LogP contribution in [0.3, 0.4) is 0 Å². The molecule has 0 radical (unpaired) electrons. The fourth-order valence-electron chi connectivity index (χ4n) is 2.07. The third kappa shape index (κ3) is 5.47. The molecule has 2 rings (SSSR count). The molecule has 0 aliphatic heterocycles. The van der Waals surface area contributed by atoms with Crippen molar-refractivity contribution in [2.24, 2.45) is 0 Å². The molecule has 0 amide bonds. The van der Waals surface area contributed by atoms with Crippen LogP contribution in [0.15, 0.2) is 52.5 Å². The normalized spacial score (nSPS) is 9.54. The molecule has 0 unspecified atom stereocenters. The topological polar surface area (TPSA) is 83.1 Å². The largest absolute Gasteiger partial charge is 0.481 e. The highest BCUT2D eigenvalue weighted by Gasteiger charge is 2.09. The first-order valence-corrected chi connectivity index (χ1v) is 8.59. The second-order valence-electron chi connectivity index (χ2n) is 5.23. The zero-order valence-corrected chi connectivity index (χ0v) is 15.6. The minimum Gasteiger partial charge on any atom is -0.481 e. The number of esters is 1. The Bertz CT molecular complexity index is 890. The smallest absolute Gasteiger partial charge is 0.349 e. The summed E-state index contributed by atoms with van der Waals surface area (Å²) in [5.41, 5.74) is 1.83. The van der Waals surface area contributed by atoms with Crippen LogP contribution in [0.5, 0.6) is 11.5 Å². The van der Waals surface area contributed by atoms with Gasteiger partial charge in [-0.2, -0.15) is 10.5 Å². The number of nitrogens with zero attached hydrogens (tertiary/aromatic N) is 2. The first-order chi connectivity index (χ1) is 12.5. The van der Waals surface area contributed by atoms with Crippen LogP contribution < -0.4 is 9.47 Å².